The number of hydrogen-bond donors (Lipinski definition) is 3. The van der Waals surface area contributed by atoms with Gasteiger partial charge in [0.2, 0.25) is 0 Å². The van der Waals surface area contributed by atoms with E-state index in [1.54, 1.807) is 0 Å². The highest BCUT2D eigenvalue weighted by Crippen LogP contribution is 1.95. The average Bonchev–Trinajstić information content (AvgIpc) is 2.30. The van der Waals surface area contributed by atoms with Gasteiger partial charge in [-0.05, 0) is 70.9 Å². The molecule has 0 unspecified atom stereocenters. The lowest BCUT2D eigenvalue weighted by atomic mass is 10.1. The molecule has 0 aliphatic heterocycles. The predicted octanol–water partition coefficient (Wildman–Crippen LogP) is 1.99. The van der Waals surface area contributed by atoms with Crippen LogP contribution in [0.25, 0.3) is 0 Å². The smallest absolute Gasteiger partial charge is 0.00368 e. The molecule has 0 aliphatic carbocycles. The maximum Gasteiger partial charge on any atom is -0.00368 e. The highest BCUT2D eigenvalue weighted by molar-refractivity contribution is 4.54. The zero-order chi connectivity index (χ0) is 12.8. The Labute approximate surface area is 108 Å². The molecule has 0 aliphatic rings. The first-order chi connectivity index (χ1) is 8.27. The summed E-state index contributed by atoms with van der Waals surface area (Å²) in [5.41, 5.74) is 0. The van der Waals surface area contributed by atoms with E-state index in [9.17, 15) is 0 Å². The van der Waals surface area contributed by atoms with Crippen molar-refractivity contribution in [3.8, 4) is 0 Å². The molecule has 0 rings (SSSR count). The van der Waals surface area contributed by atoms with E-state index in [-0.39, 0.29) is 0 Å². The van der Waals surface area contributed by atoms with Gasteiger partial charge in [-0.25, -0.2) is 0 Å². The quantitative estimate of drug-likeness (QED) is 0.433. The molecule has 104 valence electrons. The van der Waals surface area contributed by atoms with Gasteiger partial charge in [0.15, 0.2) is 0 Å². The van der Waals surface area contributed by atoms with Gasteiger partial charge in [-0.15, -0.1) is 0 Å². The second-order valence-corrected chi connectivity index (χ2v) is 5.10. The van der Waals surface area contributed by atoms with Crippen LogP contribution in [-0.2, 0) is 0 Å². The normalized spacial score (nSPS) is 11.3. The molecule has 17 heavy (non-hydrogen) atoms. The van der Waals surface area contributed by atoms with Crippen molar-refractivity contribution in [2.45, 2.75) is 46.5 Å². The van der Waals surface area contributed by atoms with Gasteiger partial charge >= 0.3 is 0 Å². The van der Waals surface area contributed by atoms with E-state index in [2.05, 4.69) is 36.7 Å². The van der Waals surface area contributed by atoms with E-state index in [0.717, 1.165) is 38.6 Å². The van der Waals surface area contributed by atoms with Crippen LogP contribution in [0.1, 0.15) is 46.5 Å². The van der Waals surface area contributed by atoms with Gasteiger partial charge < -0.3 is 16.0 Å². The molecule has 0 atom stereocenters. The first-order valence-corrected chi connectivity index (χ1v) is 7.39. The standard InChI is InChI=1S/C14H33N3/c1-4-15-9-5-6-10-16-11-7-12-17-13-8-14(2)3/h14-17H,4-13H2,1-3H3. The molecule has 0 radical (unpaired) electrons. The van der Waals surface area contributed by atoms with Crippen molar-refractivity contribution < 1.29 is 0 Å². The molecule has 0 heterocycles. The van der Waals surface area contributed by atoms with Crippen LogP contribution in [0, 0.1) is 5.92 Å². The Bertz CT molecular complexity index is 137. The summed E-state index contributed by atoms with van der Waals surface area (Å²) in [5, 5.41) is 10.3. The number of hydrogen-bond acceptors (Lipinski definition) is 3. The summed E-state index contributed by atoms with van der Waals surface area (Å²) in [7, 11) is 0. The zero-order valence-corrected chi connectivity index (χ0v) is 12.1. The Hall–Kier alpha value is -0.120. The number of rotatable bonds is 13. The van der Waals surface area contributed by atoms with Crippen molar-refractivity contribution in [3.05, 3.63) is 0 Å². The van der Waals surface area contributed by atoms with E-state index in [0.29, 0.717) is 0 Å². The second kappa shape index (κ2) is 13.9. The molecule has 0 aromatic carbocycles. The summed E-state index contributed by atoms with van der Waals surface area (Å²) >= 11 is 0. The SMILES string of the molecule is CCNCCCCNCCCNCCC(C)C. The molecule has 3 N–H and O–H groups in total. The predicted molar refractivity (Wildman–Crippen MR) is 77.6 cm³/mol. The topological polar surface area (TPSA) is 36.1 Å². The van der Waals surface area contributed by atoms with Crippen LogP contribution < -0.4 is 16.0 Å². The van der Waals surface area contributed by atoms with Crippen LogP contribution in [0.2, 0.25) is 0 Å². The Kier molecular flexibility index (Phi) is 13.8. The monoisotopic (exact) mass is 243 g/mol. The molecule has 0 bridgehead atoms. The highest BCUT2D eigenvalue weighted by Gasteiger charge is 1.93. The molecule has 0 fully saturated rings. The first kappa shape index (κ1) is 16.9. The van der Waals surface area contributed by atoms with Crippen LogP contribution in [-0.4, -0.2) is 39.3 Å². The lowest BCUT2D eigenvalue weighted by Gasteiger charge is -2.07. The lowest BCUT2D eigenvalue weighted by molar-refractivity contribution is 0.520. The van der Waals surface area contributed by atoms with Crippen molar-refractivity contribution in [1.82, 2.24) is 16.0 Å². The summed E-state index contributed by atoms with van der Waals surface area (Å²) in [5.74, 6) is 0.817. The third-order valence-electron chi connectivity index (χ3n) is 2.81. The summed E-state index contributed by atoms with van der Waals surface area (Å²) in [6, 6.07) is 0. The molecule has 0 amide bonds. The van der Waals surface area contributed by atoms with Crippen molar-refractivity contribution in [1.29, 1.82) is 0 Å². The van der Waals surface area contributed by atoms with Crippen molar-refractivity contribution in [3.63, 3.8) is 0 Å². The van der Waals surface area contributed by atoms with Crippen LogP contribution in [0.4, 0.5) is 0 Å². The molecule has 3 heteroatoms. The summed E-state index contributed by atoms with van der Waals surface area (Å²) in [6.07, 6.45) is 5.10. The largest absolute Gasteiger partial charge is 0.317 e. The second-order valence-electron chi connectivity index (χ2n) is 5.10. The summed E-state index contributed by atoms with van der Waals surface area (Å²) in [6.45, 7) is 13.6. The molecular formula is C14H33N3. The van der Waals surface area contributed by atoms with Crippen molar-refractivity contribution in [2.75, 3.05) is 39.3 Å². The van der Waals surface area contributed by atoms with Gasteiger partial charge in [-0.2, -0.15) is 0 Å². The highest BCUT2D eigenvalue weighted by atomic mass is 14.9. The molecule has 0 aromatic rings. The van der Waals surface area contributed by atoms with E-state index in [1.165, 1.54) is 32.2 Å². The number of unbranched alkanes of at least 4 members (excludes halogenated alkanes) is 1. The van der Waals surface area contributed by atoms with Gasteiger partial charge in [0.25, 0.3) is 0 Å². The molecule has 0 spiro atoms. The van der Waals surface area contributed by atoms with Crippen molar-refractivity contribution in [2.24, 2.45) is 5.92 Å². The third kappa shape index (κ3) is 15.9. The van der Waals surface area contributed by atoms with Crippen LogP contribution in [0.5, 0.6) is 0 Å². The zero-order valence-electron chi connectivity index (χ0n) is 12.1. The summed E-state index contributed by atoms with van der Waals surface area (Å²) in [4.78, 5) is 0. The molecular weight excluding hydrogens is 210 g/mol. The van der Waals surface area contributed by atoms with Crippen LogP contribution >= 0.6 is 0 Å². The fourth-order valence-corrected chi connectivity index (χ4v) is 1.66. The molecule has 0 aromatic heterocycles. The van der Waals surface area contributed by atoms with Gasteiger partial charge in [0, 0.05) is 0 Å². The lowest BCUT2D eigenvalue weighted by Crippen LogP contribution is -2.24. The van der Waals surface area contributed by atoms with E-state index < -0.39 is 0 Å². The molecule has 0 saturated carbocycles. The van der Waals surface area contributed by atoms with Gasteiger partial charge in [0.05, 0.1) is 0 Å². The Morgan fingerprint density at radius 2 is 1.24 bits per heavy atom. The van der Waals surface area contributed by atoms with E-state index in [1.807, 2.05) is 0 Å². The Morgan fingerprint density at radius 3 is 1.82 bits per heavy atom. The summed E-state index contributed by atoms with van der Waals surface area (Å²) < 4.78 is 0. The number of nitrogens with one attached hydrogen (secondary N) is 3. The maximum atomic E-state index is 3.49. The fourth-order valence-electron chi connectivity index (χ4n) is 1.66. The Morgan fingerprint density at radius 1 is 0.706 bits per heavy atom. The molecule has 0 saturated heterocycles. The van der Waals surface area contributed by atoms with E-state index in [4.69, 9.17) is 0 Å². The van der Waals surface area contributed by atoms with E-state index >= 15 is 0 Å². The minimum Gasteiger partial charge on any atom is -0.317 e. The minimum atomic E-state index is 0.817. The first-order valence-electron chi connectivity index (χ1n) is 7.39. The maximum absolute atomic E-state index is 3.49. The van der Waals surface area contributed by atoms with Gasteiger partial charge in [-0.3, -0.25) is 0 Å². The van der Waals surface area contributed by atoms with Gasteiger partial charge in [0.1, 0.15) is 0 Å². The van der Waals surface area contributed by atoms with Crippen molar-refractivity contribution >= 4 is 0 Å². The fraction of sp³-hybridized carbons (Fsp3) is 1.00. The molecule has 3 nitrogen and oxygen atoms in total. The van der Waals surface area contributed by atoms with Crippen LogP contribution in [0.15, 0.2) is 0 Å². The minimum absolute atomic E-state index is 0.817. The Balaban J connectivity index is 2.89. The van der Waals surface area contributed by atoms with Gasteiger partial charge in [-0.1, -0.05) is 20.8 Å². The van der Waals surface area contributed by atoms with Crippen LogP contribution in [0.3, 0.4) is 0 Å². The third-order valence-corrected chi connectivity index (χ3v) is 2.81. The average molecular weight is 243 g/mol.